The molecule has 2 atom stereocenters. The molecule has 1 saturated carbocycles. The lowest BCUT2D eigenvalue weighted by molar-refractivity contribution is -0.189. The Labute approximate surface area is 201 Å². The van der Waals surface area contributed by atoms with E-state index in [-0.39, 0.29) is 33.8 Å². The molecular formula is C23H21ClF5N3O3. The molecule has 1 fully saturated rings. The SMILES string of the molecule is C[C@H](Oc1cc(-c2cn(C3CC3)c(CO)n2)c(F)cc1C(O)Nc1c(F)cccc1Cl)C(F)(F)F. The van der Waals surface area contributed by atoms with Gasteiger partial charge in [0.15, 0.2) is 12.3 Å². The molecular weight excluding hydrogens is 497 g/mol. The summed E-state index contributed by atoms with van der Waals surface area (Å²) in [6.45, 7) is 0.350. The Morgan fingerprint density at radius 3 is 2.54 bits per heavy atom. The molecule has 1 heterocycles. The molecule has 1 aliphatic carbocycles. The van der Waals surface area contributed by atoms with E-state index < -0.39 is 48.1 Å². The van der Waals surface area contributed by atoms with Crippen molar-refractivity contribution in [2.24, 2.45) is 0 Å². The van der Waals surface area contributed by atoms with Crippen LogP contribution in [0.5, 0.6) is 5.75 Å². The van der Waals surface area contributed by atoms with Crippen molar-refractivity contribution >= 4 is 17.3 Å². The van der Waals surface area contributed by atoms with E-state index in [2.05, 4.69) is 10.3 Å². The molecule has 4 rings (SSSR count). The van der Waals surface area contributed by atoms with Crippen LogP contribution in [0.3, 0.4) is 0 Å². The largest absolute Gasteiger partial charge is 0.481 e. The van der Waals surface area contributed by atoms with E-state index >= 15 is 4.39 Å². The van der Waals surface area contributed by atoms with Crippen molar-refractivity contribution in [1.29, 1.82) is 0 Å². The summed E-state index contributed by atoms with van der Waals surface area (Å²) in [6, 6.07) is 5.60. The second kappa shape index (κ2) is 9.63. The predicted molar refractivity (Wildman–Crippen MR) is 118 cm³/mol. The van der Waals surface area contributed by atoms with Gasteiger partial charge in [0.1, 0.15) is 29.8 Å². The maximum absolute atomic E-state index is 15.2. The number of imidazole rings is 1. The van der Waals surface area contributed by atoms with Crippen molar-refractivity contribution in [2.75, 3.05) is 5.32 Å². The number of hydrogen-bond acceptors (Lipinski definition) is 5. The fraction of sp³-hybridized carbons (Fsp3) is 0.348. The van der Waals surface area contributed by atoms with E-state index in [1.165, 1.54) is 18.3 Å². The Hall–Kier alpha value is -2.89. The van der Waals surface area contributed by atoms with Crippen LogP contribution < -0.4 is 10.1 Å². The maximum Gasteiger partial charge on any atom is 0.425 e. The van der Waals surface area contributed by atoms with Crippen LogP contribution >= 0.6 is 11.6 Å². The fourth-order valence-electron chi connectivity index (χ4n) is 3.54. The molecule has 0 radical (unpaired) electrons. The number of para-hydroxylation sites is 1. The number of anilines is 1. The first kappa shape index (κ1) is 25.2. The molecule has 2 aromatic carbocycles. The zero-order chi connectivity index (χ0) is 25.5. The molecule has 0 spiro atoms. The third-order valence-corrected chi connectivity index (χ3v) is 5.88. The number of nitrogens with zero attached hydrogens (tertiary/aromatic N) is 2. The van der Waals surface area contributed by atoms with Crippen LogP contribution in [0.1, 0.15) is 43.4 Å². The normalized spacial score (nSPS) is 15.7. The summed E-state index contributed by atoms with van der Waals surface area (Å²) in [6.07, 6.45) is -5.71. The van der Waals surface area contributed by atoms with Crippen LogP contribution in [0.4, 0.5) is 27.6 Å². The zero-order valence-corrected chi connectivity index (χ0v) is 19.0. The molecule has 3 aromatic rings. The molecule has 35 heavy (non-hydrogen) atoms. The Morgan fingerprint density at radius 1 is 1.23 bits per heavy atom. The number of alkyl halides is 3. The molecule has 6 nitrogen and oxygen atoms in total. The summed E-state index contributed by atoms with van der Waals surface area (Å²) in [5, 5.41) is 22.5. The van der Waals surface area contributed by atoms with Gasteiger partial charge in [0.05, 0.1) is 16.4 Å². The Morgan fingerprint density at radius 2 is 1.94 bits per heavy atom. The highest BCUT2D eigenvalue weighted by atomic mass is 35.5. The molecule has 0 aliphatic heterocycles. The topological polar surface area (TPSA) is 79.5 Å². The predicted octanol–water partition coefficient (Wildman–Crippen LogP) is 5.74. The molecule has 0 amide bonds. The van der Waals surface area contributed by atoms with Crippen molar-refractivity contribution in [3.8, 4) is 17.0 Å². The van der Waals surface area contributed by atoms with Crippen molar-refractivity contribution in [1.82, 2.24) is 9.55 Å². The van der Waals surface area contributed by atoms with E-state index in [1.54, 1.807) is 4.57 Å². The van der Waals surface area contributed by atoms with E-state index in [0.29, 0.717) is 0 Å². The van der Waals surface area contributed by atoms with Crippen LogP contribution in [-0.2, 0) is 6.61 Å². The van der Waals surface area contributed by atoms with Gasteiger partial charge in [-0.2, -0.15) is 13.2 Å². The minimum Gasteiger partial charge on any atom is -0.481 e. The average molecular weight is 518 g/mol. The zero-order valence-electron chi connectivity index (χ0n) is 18.3. The number of benzene rings is 2. The summed E-state index contributed by atoms with van der Waals surface area (Å²) in [5.41, 5.74) is -0.847. The maximum atomic E-state index is 15.2. The van der Waals surface area contributed by atoms with Crippen molar-refractivity contribution in [2.45, 2.75) is 50.9 Å². The van der Waals surface area contributed by atoms with Gasteiger partial charge < -0.3 is 24.8 Å². The Bertz CT molecular complexity index is 1210. The summed E-state index contributed by atoms with van der Waals surface area (Å²) < 4.78 is 75.8. The van der Waals surface area contributed by atoms with Crippen LogP contribution in [0.15, 0.2) is 36.5 Å². The quantitative estimate of drug-likeness (QED) is 0.262. The summed E-state index contributed by atoms with van der Waals surface area (Å²) in [5.74, 6) is -1.96. The summed E-state index contributed by atoms with van der Waals surface area (Å²) in [7, 11) is 0. The number of nitrogens with one attached hydrogen (secondary N) is 1. The minimum atomic E-state index is -4.75. The van der Waals surface area contributed by atoms with Crippen LogP contribution in [-0.4, -0.2) is 32.0 Å². The van der Waals surface area contributed by atoms with Gasteiger partial charge in [-0.05, 0) is 44.0 Å². The lowest BCUT2D eigenvalue weighted by atomic mass is 10.1. The van der Waals surface area contributed by atoms with E-state index in [9.17, 15) is 27.8 Å². The van der Waals surface area contributed by atoms with Gasteiger partial charge in [-0.1, -0.05) is 17.7 Å². The average Bonchev–Trinajstić information content (AvgIpc) is 3.55. The molecule has 12 heteroatoms. The Kier molecular flexibility index (Phi) is 6.94. The van der Waals surface area contributed by atoms with E-state index in [1.807, 2.05) is 0 Å². The fourth-order valence-corrected chi connectivity index (χ4v) is 3.75. The number of aromatic nitrogens is 2. The van der Waals surface area contributed by atoms with Gasteiger partial charge in [0, 0.05) is 23.4 Å². The van der Waals surface area contributed by atoms with Crippen molar-refractivity contribution < 1.29 is 36.9 Å². The van der Waals surface area contributed by atoms with Crippen LogP contribution in [0, 0.1) is 11.6 Å². The Balaban J connectivity index is 1.76. The third kappa shape index (κ3) is 5.36. The van der Waals surface area contributed by atoms with Gasteiger partial charge in [0.2, 0.25) is 0 Å². The van der Waals surface area contributed by atoms with Gasteiger partial charge in [-0.3, -0.25) is 0 Å². The number of aliphatic hydroxyl groups is 2. The highest BCUT2D eigenvalue weighted by molar-refractivity contribution is 6.33. The van der Waals surface area contributed by atoms with Gasteiger partial charge >= 0.3 is 6.18 Å². The van der Waals surface area contributed by atoms with E-state index in [0.717, 1.165) is 38.0 Å². The molecule has 0 saturated heterocycles. The van der Waals surface area contributed by atoms with Crippen molar-refractivity contribution in [3.63, 3.8) is 0 Å². The van der Waals surface area contributed by atoms with E-state index in [4.69, 9.17) is 16.3 Å². The number of rotatable bonds is 8. The molecule has 3 N–H and O–H groups in total. The van der Waals surface area contributed by atoms with Gasteiger partial charge in [-0.15, -0.1) is 0 Å². The second-order valence-corrected chi connectivity index (χ2v) is 8.56. The highest BCUT2D eigenvalue weighted by Crippen LogP contribution is 2.40. The first-order chi connectivity index (χ1) is 16.5. The number of aliphatic hydroxyl groups excluding tert-OH is 2. The lowest BCUT2D eigenvalue weighted by Gasteiger charge is -2.23. The molecule has 1 aromatic heterocycles. The summed E-state index contributed by atoms with van der Waals surface area (Å²) in [4.78, 5) is 4.21. The van der Waals surface area contributed by atoms with Crippen LogP contribution in [0.25, 0.3) is 11.3 Å². The molecule has 0 bridgehead atoms. The highest BCUT2D eigenvalue weighted by Gasteiger charge is 2.39. The van der Waals surface area contributed by atoms with Gasteiger partial charge in [-0.25, -0.2) is 13.8 Å². The lowest BCUT2D eigenvalue weighted by Crippen LogP contribution is -2.31. The summed E-state index contributed by atoms with van der Waals surface area (Å²) >= 11 is 5.94. The third-order valence-electron chi connectivity index (χ3n) is 5.57. The smallest absolute Gasteiger partial charge is 0.425 e. The van der Waals surface area contributed by atoms with Gasteiger partial charge in [0.25, 0.3) is 0 Å². The number of ether oxygens (including phenoxy) is 1. The second-order valence-electron chi connectivity index (χ2n) is 8.15. The van der Waals surface area contributed by atoms with Crippen molar-refractivity contribution in [3.05, 3.63) is 64.6 Å². The first-order valence-electron chi connectivity index (χ1n) is 10.6. The van der Waals surface area contributed by atoms with Crippen LogP contribution in [0.2, 0.25) is 5.02 Å². The standard InChI is InChI=1S/C23H21ClF5N3O3/c1-11(23(27,28)29)35-19-8-13(18-9-32(12-5-6-12)20(10-33)30-18)17(26)7-14(19)22(34)31-21-15(24)3-2-4-16(21)25/h2-4,7-9,11-12,22,31,33-34H,5-6,10H2,1H3/t11-,22?/m0/s1. The molecule has 188 valence electrons. The number of hydrogen-bond donors (Lipinski definition) is 3. The molecule has 1 aliphatic rings. The first-order valence-corrected chi connectivity index (χ1v) is 11.0. The number of halogens is 6. The molecule has 1 unspecified atom stereocenters. The minimum absolute atomic E-state index is 0.0779. The monoisotopic (exact) mass is 517 g/mol.